The largest absolute Gasteiger partial charge is 0.357 e. The van der Waals surface area contributed by atoms with Crippen molar-refractivity contribution < 1.29 is 4.79 Å². The molecule has 0 unspecified atom stereocenters. The lowest BCUT2D eigenvalue weighted by Crippen LogP contribution is -2.46. The van der Waals surface area contributed by atoms with E-state index in [2.05, 4.69) is 46.4 Å². The first-order valence-electron chi connectivity index (χ1n) is 12.1. The third-order valence-electron chi connectivity index (χ3n) is 6.19. The molecule has 2 heterocycles. The van der Waals surface area contributed by atoms with E-state index in [0.29, 0.717) is 13.0 Å². The molecule has 1 aromatic carbocycles. The number of piperazine rings is 1. The Balaban J connectivity index is 1.37. The highest BCUT2D eigenvalue weighted by Gasteiger charge is 2.21. The molecule has 1 aromatic rings. The number of amides is 1. The maximum Gasteiger partial charge on any atom is 0.227 e. The van der Waals surface area contributed by atoms with Crippen LogP contribution in [0, 0.1) is 0 Å². The molecule has 0 aliphatic carbocycles. The number of hydrogen-bond acceptors (Lipinski definition) is 4. The van der Waals surface area contributed by atoms with Crippen LogP contribution in [0.25, 0.3) is 0 Å². The number of aliphatic imine (C=N–C) groups is 1. The van der Waals surface area contributed by atoms with Crippen LogP contribution in [0.4, 0.5) is 5.69 Å². The molecule has 2 aliphatic heterocycles. The van der Waals surface area contributed by atoms with Gasteiger partial charge in [0.15, 0.2) is 5.96 Å². The number of nitrogens with one attached hydrogen (secondary N) is 2. The molecule has 7 nitrogen and oxygen atoms in total. The standard InChI is InChI=1S/C24H40N6O/c1-3-25-24(26-13-5-6-14-29-18-16-28(4-2)17-19-29)27-20-21-9-11-22(12-10-21)30-15-7-8-23(30)31/h9-12H,3-8,13-20H2,1-2H3,(H2,25,26,27). The highest BCUT2D eigenvalue weighted by molar-refractivity contribution is 5.95. The first kappa shape index (κ1) is 23.5. The predicted molar refractivity (Wildman–Crippen MR) is 129 cm³/mol. The van der Waals surface area contributed by atoms with E-state index < -0.39 is 0 Å². The van der Waals surface area contributed by atoms with Gasteiger partial charge in [-0.25, -0.2) is 4.99 Å². The number of hydrogen-bond donors (Lipinski definition) is 2. The van der Waals surface area contributed by atoms with Crippen LogP contribution >= 0.6 is 0 Å². The number of likely N-dealkylation sites (N-methyl/N-ethyl adjacent to an activating group) is 1. The number of carbonyl (C=O) groups is 1. The van der Waals surface area contributed by atoms with E-state index in [9.17, 15) is 4.79 Å². The summed E-state index contributed by atoms with van der Waals surface area (Å²) >= 11 is 0. The van der Waals surface area contributed by atoms with Crippen LogP contribution < -0.4 is 15.5 Å². The topological polar surface area (TPSA) is 63.2 Å². The van der Waals surface area contributed by atoms with Crippen LogP contribution in [0.1, 0.15) is 45.1 Å². The van der Waals surface area contributed by atoms with E-state index >= 15 is 0 Å². The van der Waals surface area contributed by atoms with Crippen molar-refractivity contribution in [3.8, 4) is 0 Å². The normalized spacial score (nSPS) is 18.6. The zero-order valence-corrected chi connectivity index (χ0v) is 19.4. The summed E-state index contributed by atoms with van der Waals surface area (Å²) in [4.78, 5) is 23.6. The Labute approximate surface area is 187 Å². The summed E-state index contributed by atoms with van der Waals surface area (Å²) in [5.41, 5.74) is 2.15. The first-order chi connectivity index (χ1) is 15.2. The zero-order valence-electron chi connectivity index (χ0n) is 19.4. The molecule has 0 atom stereocenters. The minimum Gasteiger partial charge on any atom is -0.357 e. The quantitative estimate of drug-likeness (QED) is 0.340. The van der Waals surface area contributed by atoms with Gasteiger partial charge in [-0.2, -0.15) is 0 Å². The second kappa shape index (κ2) is 12.7. The average molecular weight is 429 g/mol. The SMILES string of the molecule is CCNC(=NCc1ccc(N2CCCC2=O)cc1)NCCCCN1CCN(CC)CC1. The van der Waals surface area contributed by atoms with Crippen LogP contribution in [0.5, 0.6) is 0 Å². The molecule has 0 bridgehead atoms. The Kier molecular flexibility index (Phi) is 9.62. The lowest BCUT2D eigenvalue weighted by molar-refractivity contribution is -0.117. The molecular formula is C24H40N6O. The molecule has 172 valence electrons. The van der Waals surface area contributed by atoms with Crippen molar-refractivity contribution in [3.05, 3.63) is 29.8 Å². The van der Waals surface area contributed by atoms with Crippen LogP contribution in [0.15, 0.2) is 29.3 Å². The fourth-order valence-electron chi connectivity index (χ4n) is 4.21. The van der Waals surface area contributed by atoms with E-state index in [1.54, 1.807) is 0 Å². The number of rotatable bonds is 10. The van der Waals surface area contributed by atoms with E-state index in [0.717, 1.165) is 49.7 Å². The number of benzene rings is 1. The van der Waals surface area contributed by atoms with E-state index in [1.807, 2.05) is 17.0 Å². The molecule has 1 amide bonds. The van der Waals surface area contributed by atoms with Gasteiger partial charge >= 0.3 is 0 Å². The van der Waals surface area contributed by atoms with Crippen molar-refractivity contribution in [1.82, 2.24) is 20.4 Å². The minimum atomic E-state index is 0.229. The van der Waals surface area contributed by atoms with E-state index in [-0.39, 0.29) is 5.91 Å². The molecule has 2 aliphatic rings. The number of carbonyl (C=O) groups excluding carboxylic acids is 1. The Hall–Kier alpha value is -2.12. The number of unbranched alkanes of at least 4 members (excludes halogenated alkanes) is 1. The summed E-state index contributed by atoms with van der Waals surface area (Å²) < 4.78 is 0. The third kappa shape index (κ3) is 7.51. The third-order valence-corrected chi connectivity index (χ3v) is 6.19. The smallest absolute Gasteiger partial charge is 0.227 e. The van der Waals surface area contributed by atoms with Gasteiger partial charge in [-0.1, -0.05) is 19.1 Å². The van der Waals surface area contributed by atoms with Crippen molar-refractivity contribution in [3.63, 3.8) is 0 Å². The zero-order chi connectivity index (χ0) is 21.9. The van der Waals surface area contributed by atoms with Gasteiger partial charge in [0.2, 0.25) is 5.91 Å². The van der Waals surface area contributed by atoms with E-state index in [1.165, 1.54) is 45.7 Å². The van der Waals surface area contributed by atoms with Crippen molar-refractivity contribution >= 4 is 17.6 Å². The van der Waals surface area contributed by atoms with E-state index in [4.69, 9.17) is 4.99 Å². The van der Waals surface area contributed by atoms with Gasteiger partial charge in [0.05, 0.1) is 6.54 Å². The van der Waals surface area contributed by atoms with Gasteiger partial charge in [0.1, 0.15) is 0 Å². The monoisotopic (exact) mass is 428 g/mol. The summed E-state index contributed by atoms with van der Waals surface area (Å²) in [7, 11) is 0. The van der Waals surface area contributed by atoms with Gasteiger partial charge in [0, 0.05) is 57.9 Å². The summed E-state index contributed by atoms with van der Waals surface area (Å²) in [6, 6.07) is 8.22. The molecule has 7 heteroatoms. The Morgan fingerprint density at radius 1 is 0.968 bits per heavy atom. The fourth-order valence-corrected chi connectivity index (χ4v) is 4.21. The number of guanidine groups is 1. The fraction of sp³-hybridized carbons (Fsp3) is 0.667. The molecule has 2 fully saturated rings. The maximum atomic E-state index is 11.9. The Morgan fingerprint density at radius 3 is 2.35 bits per heavy atom. The van der Waals surface area contributed by atoms with Gasteiger partial charge in [-0.15, -0.1) is 0 Å². The lowest BCUT2D eigenvalue weighted by atomic mass is 10.2. The van der Waals surface area contributed by atoms with Crippen molar-refractivity contribution in [2.75, 3.05) is 63.8 Å². The highest BCUT2D eigenvalue weighted by atomic mass is 16.2. The molecule has 0 spiro atoms. The molecular weight excluding hydrogens is 388 g/mol. The molecule has 0 aromatic heterocycles. The Bertz CT molecular complexity index is 697. The van der Waals surface area contributed by atoms with Crippen molar-refractivity contribution in [1.29, 1.82) is 0 Å². The summed E-state index contributed by atoms with van der Waals surface area (Å²) in [5, 5.41) is 6.80. The Morgan fingerprint density at radius 2 is 1.71 bits per heavy atom. The molecule has 2 saturated heterocycles. The van der Waals surface area contributed by atoms with Gasteiger partial charge < -0.3 is 25.3 Å². The lowest BCUT2D eigenvalue weighted by Gasteiger charge is -2.34. The highest BCUT2D eigenvalue weighted by Crippen LogP contribution is 2.21. The van der Waals surface area contributed by atoms with Crippen LogP contribution in [-0.2, 0) is 11.3 Å². The molecule has 3 rings (SSSR count). The summed E-state index contributed by atoms with van der Waals surface area (Å²) in [5.74, 6) is 1.10. The molecule has 0 radical (unpaired) electrons. The van der Waals surface area contributed by atoms with Gasteiger partial charge in [-0.3, -0.25) is 4.79 Å². The molecule has 0 saturated carbocycles. The van der Waals surface area contributed by atoms with Crippen LogP contribution in [-0.4, -0.2) is 80.6 Å². The van der Waals surface area contributed by atoms with Crippen LogP contribution in [0.3, 0.4) is 0 Å². The van der Waals surface area contributed by atoms with Crippen molar-refractivity contribution in [2.45, 2.75) is 46.1 Å². The maximum absolute atomic E-state index is 11.9. The van der Waals surface area contributed by atoms with Crippen LogP contribution in [0.2, 0.25) is 0 Å². The average Bonchev–Trinajstić information content (AvgIpc) is 3.23. The summed E-state index contributed by atoms with van der Waals surface area (Å²) in [6.07, 6.45) is 3.99. The summed E-state index contributed by atoms with van der Waals surface area (Å²) in [6.45, 7) is 14.8. The van der Waals surface area contributed by atoms with Gasteiger partial charge in [-0.05, 0) is 57.0 Å². The second-order valence-corrected chi connectivity index (χ2v) is 8.42. The number of nitrogens with zero attached hydrogens (tertiary/aromatic N) is 4. The van der Waals surface area contributed by atoms with Gasteiger partial charge in [0.25, 0.3) is 0 Å². The minimum absolute atomic E-state index is 0.229. The molecule has 31 heavy (non-hydrogen) atoms. The molecule has 2 N–H and O–H groups in total. The first-order valence-corrected chi connectivity index (χ1v) is 12.1. The predicted octanol–water partition coefficient (Wildman–Crippen LogP) is 2.29. The second-order valence-electron chi connectivity index (χ2n) is 8.42. The van der Waals surface area contributed by atoms with Crippen molar-refractivity contribution in [2.24, 2.45) is 4.99 Å². The number of anilines is 1.